The molecule has 208 valence electrons. The number of aliphatic hydroxyl groups is 3. The molecule has 3 aliphatic heterocycles. The average molecular weight is 537 g/mol. The molecule has 0 bridgehead atoms. The molecule has 38 heavy (non-hydrogen) atoms. The number of carbonyl (C=O) groups is 4. The van der Waals surface area contributed by atoms with Crippen LogP contribution >= 0.6 is 0 Å². The van der Waals surface area contributed by atoms with Crippen LogP contribution in [0.15, 0.2) is 22.3 Å². The van der Waals surface area contributed by atoms with Gasteiger partial charge in [0.15, 0.2) is 18.5 Å². The highest BCUT2D eigenvalue weighted by atomic mass is 16.7. The van der Waals surface area contributed by atoms with E-state index in [0.717, 1.165) is 11.1 Å². The largest absolute Gasteiger partial charge is 0.461 e. The number of esters is 4. The molecule has 0 saturated carbocycles. The molecule has 5 rings (SSSR count). The Morgan fingerprint density at radius 3 is 1.79 bits per heavy atom. The highest BCUT2D eigenvalue weighted by molar-refractivity contribution is 5.94. The molecule has 12 nitrogen and oxygen atoms in total. The van der Waals surface area contributed by atoms with Gasteiger partial charge in [0.25, 0.3) is 0 Å². The monoisotopic (exact) mass is 536 g/mol. The lowest BCUT2D eigenvalue weighted by Crippen LogP contribution is -2.62. The number of cyclic esters (lactones) is 2. The predicted molar refractivity (Wildman–Crippen MR) is 123 cm³/mol. The van der Waals surface area contributed by atoms with Crippen molar-refractivity contribution in [2.24, 2.45) is 23.7 Å². The third-order valence-electron chi connectivity index (χ3n) is 8.45. The topological polar surface area (TPSA) is 175 Å². The summed E-state index contributed by atoms with van der Waals surface area (Å²) in [4.78, 5) is 50.6. The summed E-state index contributed by atoms with van der Waals surface area (Å²) in [5.41, 5.74) is 2.62. The van der Waals surface area contributed by atoms with Gasteiger partial charge in [-0.3, -0.25) is 9.59 Å². The van der Waals surface area contributed by atoms with Gasteiger partial charge >= 0.3 is 23.9 Å². The highest BCUT2D eigenvalue weighted by Gasteiger charge is 2.52. The van der Waals surface area contributed by atoms with Gasteiger partial charge in [-0.1, -0.05) is 11.1 Å². The first kappa shape index (κ1) is 26.8. The van der Waals surface area contributed by atoms with Gasteiger partial charge in [0.2, 0.25) is 0 Å². The van der Waals surface area contributed by atoms with Gasteiger partial charge in [-0.05, 0) is 39.5 Å². The molecule has 0 radical (unpaired) electrons. The maximum absolute atomic E-state index is 13.2. The number of allylic oxidation sites excluding steroid dienone is 2. The number of fused-ring (bicyclic) bond motifs is 2. The van der Waals surface area contributed by atoms with Crippen LogP contribution in [0.4, 0.5) is 0 Å². The van der Waals surface area contributed by atoms with Crippen LogP contribution in [0.1, 0.15) is 39.5 Å². The lowest BCUT2D eigenvalue weighted by Gasteiger charge is -2.42. The molecule has 12 heteroatoms. The first-order valence-corrected chi connectivity index (χ1v) is 12.9. The molecule has 0 amide bonds. The summed E-state index contributed by atoms with van der Waals surface area (Å²) in [5, 5.41) is 31.3. The van der Waals surface area contributed by atoms with Crippen LogP contribution in [-0.4, -0.2) is 89.7 Å². The number of ether oxygens (including phenoxy) is 5. The zero-order valence-electron chi connectivity index (χ0n) is 21.2. The van der Waals surface area contributed by atoms with E-state index < -0.39 is 78.9 Å². The van der Waals surface area contributed by atoms with Gasteiger partial charge in [0, 0.05) is 23.0 Å². The number of hydrogen-bond acceptors (Lipinski definition) is 12. The van der Waals surface area contributed by atoms with Crippen LogP contribution in [0.5, 0.6) is 0 Å². The molecule has 0 aromatic heterocycles. The minimum atomic E-state index is -1.81. The van der Waals surface area contributed by atoms with Gasteiger partial charge in [-0.2, -0.15) is 0 Å². The Labute approximate surface area is 218 Å². The minimum absolute atomic E-state index is 0.190. The summed E-state index contributed by atoms with van der Waals surface area (Å²) in [6, 6.07) is 0. The molecule has 2 aliphatic carbocycles. The molecular formula is C26H32O12. The number of aliphatic hydroxyl groups excluding tert-OH is 3. The standard InChI is InChI=1S/C26H32O12/c1-10-3-5-12-14(8-34-24(31)17(10)12)22(29)37-20-16(7-27)36-26(33)21(19(20)28)38-23(30)15-9-35-25(32)18-11(2)4-6-13(15)18/h12-16,19-21,26-28,33H,3-9H2,1-2H3/t12-,13-,14+,15+,16+,19-,20+,21+,26-/m0/s1. The third kappa shape index (κ3) is 4.53. The molecule has 0 spiro atoms. The highest BCUT2D eigenvalue weighted by Crippen LogP contribution is 2.43. The van der Waals surface area contributed by atoms with Crippen molar-refractivity contribution in [2.75, 3.05) is 19.8 Å². The lowest BCUT2D eigenvalue weighted by molar-refractivity contribution is -0.295. The van der Waals surface area contributed by atoms with E-state index in [-0.39, 0.29) is 19.1 Å². The van der Waals surface area contributed by atoms with Gasteiger partial charge in [0.1, 0.15) is 25.4 Å². The molecule has 0 aromatic rings. The fourth-order valence-electron chi connectivity index (χ4n) is 6.35. The quantitative estimate of drug-likeness (QED) is 0.309. The number of carbonyl (C=O) groups excluding carboxylic acids is 4. The fraction of sp³-hybridized carbons (Fsp3) is 0.692. The zero-order chi connectivity index (χ0) is 27.3. The molecular weight excluding hydrogens is 504 g/mol. The molecule has 5 aliphatic rings. The summed E-state index contributed by atoms with van der Waals surface area (Å²) in [6.45, 7) is 2.52. The van der Waals surface area contributed by atoms with Crippen LogP contribution < -0.4 is 0 Å². The van der Waals surface area contributed by atoms with Gasteiger partial charge in [-0.15, -0.1) is 0 Å². The molecule has 3 fully saturated rings. The Kier molecular flexibility index (Phi) is 7.33. The van der Waals surface area contributed by atoms with Crippen molar-refractivity contribution in [3.05, 3.63) is 22.3 Å². The van der Waals surface area contributed by atoms with Crippen LogP contribution in [0.25, 0.3) is 0 Å². The van der Waals surface area contributed by atoms with Crippen molar-refractivity contribution < 1.29 is 58.2 Å². The number of hydrogen-bond donors (Lipinski definition) is 3. The van der Waals surface area contributed by atoms with Crippen LogP contribution in [0, 0.1) is 23.7 Å². The summed E-state index contributed by atoms with van der Waals surface area (Å²) in [6.07, 6.45) is -5.53. The predicted octanol–water partition coefficient (Wildman–Crippen LogP) is -0.321. The van der Waals surface area contributed by atoms with E-state index in [1.54, 1.807) is 6.92 Å². The Bertz CT molecular complexity index is 1090. The van der Waals surface area contributed by atoms with Crippen molar-refractivity contribution >= 4 is 23.9 Å². The van der Waals surface area contributed by atoms with Gasteiger partial charge < -0.3 is 39.0 Å². The van der Waals surface area contributed by atoms with Crippen LogP contribution in [0.3, 0.4) is 0 Å². The van der Waals surface area contributed by atoms with E-state index in [4.69, 9.17) is 23.7 Å². The summed E-state index contributed by atoms with van der Waals surface area (Å²) < 4.78 is 26.7. The molecule has 3 saturated heterocycles. The van der Waals surface area contributed by atoms with E-state index in [1.165, 1.54) is 0 Å². The third-order valence-corrected chi connectivity index (χ3v) is 8.45. The molecule has 0 aromatic carbocycles. The summed E-state index contributed by atoms with van der Waals surface area (Å²) >= 11 is 0. The first-order valence-electron chi connectivity index (χ1n) is 12.9. The van der Waals surface area contributed by atoms with E-state index in [1.807, 2.05) is 6.92 Å². The SMILES string of the molecule is CC1=C2C(=O)OC[C@@H](C(=O)O[C@@H]3[C@@H](O)[C@H](OC(=O)[C@@H]4COC(=O)C5=C(C)CC[C@H]54)[C@@H](CO)O[C@@H]3O)[C@@H]2CC1. The minimum Gasteiger partial charge on any atom is -0.461 e. The number of rotatable bonds is 5. The van der Waals surface area contributed by atoms with Crippen molar-refractivity contribution in [3.63, 3.8) is 0 Å². The van der Waals surface area contributed by atoms with Crippen molar-refractivity contribution in [1.29, 1.82) is 0 Å². The van der Waals surface area contributed by atoms with Crippen molar-refractivity contribution in [1.82, 2.24) is 0 Å². The Morgan fingerprint density at radius 2 is 1.32 bits per heavy atom. The normalized spacial score (nSPS) is 38.8. The van der Waals surface area contributed by atoms with E-state index in [9.17, 15) is 34.5 Å². The lowest BCUT2D eigenvalue weighted by atomic mass is 9.84. The summed E-state index contributed by atoms with van der Waals surface area (Å²) in [5.74, 6) is -4.91. The first-order chi connectivity index (χ1) is 18.1. The molecule has 9 atom stereocenters. The van der Waals surface area contributed by atoms with Crippen molar-refractivity contribution in [3.8, 4) is 0 Å². The Hall–Kier alpha value is -2.80. The fourth-order valence-corrected chi connectivity index (χ4v) is 6.35. The van der Waals surface area contributed by atoms with E-state index >= 15 is 0 Å². The zero-order valence-corrected chi connectivity index (χ0v) is 21.2. The van der Waals surface area contributed by atoms with Crippen LogP contribution in [0.2, 0.25) is 0 Å². The Morgan fingerprint density at radius 1 is 0.842 bits per heavy atom. The molecule has 3 N–H and O–H groups in total. The van der Waals surface area contributed by atoms with Gasteiger partial charge in [0.05, 0.1) is 18.4 Å². The van der Waals surface area contributed by atoms with E-state index in [2.05, 4.69) is 0 Å². The second-order valence-electron chi connectivity index (χ2n) is 10.6. The Balaban J connectivity index is 1.29. The van der Waals surface area contributed by atoms with E-state index in [0.29, 0.717) is 36.8 Å². The maximum Gasteiger partial charge on any atom is 0.334 e. The maximum atomic E-state index is 13.2. The summed E-state index contributed by atoms with van der Waals surface area (Å²) in [7, 11) is 0. The molecule has 3 heterocycles. The second-order valence-corrected chi connectivity index (χ2v) is 10.6. The smallest absolute Gasteiger partial charge is 0.334 e. The average Bonchev–Trinajstić information content (AvgIpc) is 3.47. The second kappa shape index (κ2) is 10.4. The van der Waals surface area contributed by atoms with Gasteiger partial charge in [-0.25, -0.2) is 9.59 Å². The van der Waals surface area contributed by atoms with Crippen LogP contribution in [-0.2, 0) is 42.9 Å². The molecule has 0 unspecified atom stereocenters. The van der Waals surface area contributed by atoms with Crippen molar-refractivity contribution in [2.45, 2.75) is 70.2 Å².